The molecule has 0 bridgehead atoms. The van der Waals surface area contributed by atoms with Crippen molar-refractivity contribution < 1.29 is 21.9 Å². The van der Waals surface area contributed by atoms with E-state index >= 15 is 0 Å². The molecular weight excluding hydrogens is 386 g/mol. The fraction of sp³-hybridized carbons (Fsp3) is 0.267. The van der Waals surface area contributed by atoms with Gasteiger partial charge in [0.15, 0.2) is 5.96 Å². The molecule has 0 radical (unpaired) electrons. The lowest BCUT2D eigenvalue weighted by atomic mass is 10.2. The van der Waals surface area contributed by atoms with Gasteiger partial charge in [-0.1, -0.05) is 18.2 Å². The number of halogens is 2. The van der Waals surface area contributed by atoms with Crippen LogP contribution in [0.4, 0.5) is 8.78 Å². The normalized spacial score (nSPS) is 12.3. The molecule has 26 heavy (non-hydrogen) atoms. The summed E-state index contributed by atoms with van der Waals surface area (Å²) in [6.45, 7) is -2.36. The zero-order valence-electron chi connectivity index (χ0n) is 13.8. The Bertz CT molecular complexity index is 869. The fourth-order valence-corrected chi connectivity index (χ4v) is 3.76. The second kappa shape index (κ2) is 8.92. The van der Waals surface area contributed by atoms with Crippen molar-refractivity contribution in [2.24, 2.45) is 10.1 Å². The van der Waals surface area contributed by atoms with Gasteiger partial charge in [-0.05, 0) is 18.2 Å². The highest BCUT2D eigenvalue weighted by molar-refractivity contribution is 7.91. The number of hydrogen-bond acceptors (Lipinski definition) is 5. The van der Waals surface area contributed by atoms with E-state index < -0.39 is 16.6 Å². The summed E-state index contributed by atoms with van der Waals surface area (Å²) in [5, 5.41) is 11.1. The van der Waals surface area contributed by atoms with Crippen LogP contribution >= 0.6 is 11.3 Å². The van der Waals surface area contributed by atoms with Gasteiger partial charge >= 0.3 is 6.61 Å². The number of nitrogens with one attached hydrogen (secondary N) is 2. The number of nitrogens with zero attached hydrogens (tertiary/aromatic N) is 1. The first-order valence-electron chi connectivity index (χ1n) is 7.38. The van der Waals surface area contributed by atoms with Crippen LogP contribution in [0, 0.1) is 0 Å². The molecule has 0 amide bonds. The van der Waals surface area contributed by atoms with Crippen molar-refractivity contribution in [3.63, 3.8) is 0 Å². The van der Waals surface area contributed by atoms with Crippen LogP contribution in [-0.2, 0) is 23.1 Å². The van der Waals surface area contributed by atoms with E-state index in [9.17, 15) is 17.2 Å². The van der Waals surface area contributed by atoms with Crippen molar-refractivity contribution in [3.8, 4) is 5.75 Å². The number of hydrogen-bond donors (Lipinski definition) is 3. The van der Waals surface area contributed by atoms with Gasteiger partial charge in [0.2, 0.25) is 10.0 Å². The SMILES string of the molecule is CN=C(NCc1ccc(S(N)(=O)=O)s1)NCc1ccccc1OC(F)F. The van der Waals surface area contributed by atoms with Gasteiger partial charge in [0.1, 0.15) is 9.96 Å². The number of sulfonamides is 1. The van der Waals surface area contributed by atoms with Crippen molar-refractivity contribution >= 4 is 27.3 Å². The Morgan fingerprint density at radius 2 is 1.92 bits per heavy atom. The molecule has 0 atom stereocenters. The zero-order chi connectivity index (χ0) is 19.2. The smallest absolute Gasteiger partial charge is 0.387 e. The average Bonchev–Trinajstić information content (AvgIpc) is 3.05. The second-order valence-corrected chi connectivity index (χ2v) is 7.99. The maximum Gasteiger partial charge on any atom is 0.387 e. The topological polar surface area (TPSA) is 106 Å². The minimum absolute atomic E-state index is 0.0790. The monoisotopic (exact) mass is 404 g/mol. The Morgan fingerprint density at radius 3 is 2.54 bits per heavy atom. The minimum atomic E-state index is -3.72. The molecule has 0 saturated carbocycles. The van der Waals surface area contributed by atoms with Gasteiger partial charge < -0.3 is 15.4 Å². The largest absolute Gasteiger partial charge is 0.434 e. The predicted octanol–water partition coefficient (Wildman–Crippen LogP) is 1.86. The number of guanidine groups is 1. The summed E-state index contributed by atoms with van der Waals surface area (Å²) >= 11 is 1.05. The number of primary sulfonamides is 1. The number of alkyl halides is 2. The minimum Gasteiger partial charge on any atom is -0.434 e. The van der Waals surface area contributed by atoms with Crippen LogP contribution in [0.25, 0.3) is 0 Å². The number of benzene rings is 1. The molecule has 1 heterocycles. The third-order valence-electron chi connectivity index (χ3n) is 3.21. The number of para-hydroxylation sites is 1. The van der Waals surface area contributed by atoms with Gasteiger partial charge in [0.05, 0.1) is 6.54 Å². The predicted molar refractivity (Wildman–Crippen MR) is 95.8 cm³/mol. The van der Waals surface area contributed by atoms with Gasteiger partial charge in [-0.15, -0.1) is 11.3 Å². The average molecular weight is 404 g/mol. The third kappa shape index (κ3) is 5.93. The zero-order valence-corrected chi connectivity index (χ0v) is 15.4. The van der Waals surface area contributed by atoms with Crippen LogP contribution in [0.15, 0.2) is 45.6 Å². The lowest BCUT2D eigenvalue weighted by Crippen LogP contribution is -2.36. The van der Waals surface area contributed by atoms with E-state index in [1.165, 1.54) is 12.1 Å². The maximum absolute atomic E-state index is 12.4. The molecule has 0 unspecified atom stereocenters. The van der Waals surface area contributed by atoms with E-state index in [1.54, 1.807) is 31.3 Å². The van der Waals surface area contributed by atoms with Crippen LogP contribution in [0.3, 0.4) is 0 Å². The molecular formula is C15H18F2N4O3S2. The molecule has 2 rings (SSSR count). The summed E-state index contributed by atoms with van der Waals surface area (Å²) in [6.07, 6.45) is 0. The van der Waals surface area contributed by atoms with E-state index in [0.717, 1.165) is 16.2 Å². The molecule has 142 valence electrons. The first-order valence-corrected chi connectivity index (χ1v) is 9.74. The molecule has 0 fully saturated rings. The van der Waals surface area contributed by atoms with Gasteiger partial charge in [0.25, 0.3) is 0 Å². The van der Waals surface area contributed by atoms with Gasteiger partial charge in [0, 0.05) is 24.0 Å². The number of thiophene rings is 1. The summed E-state index contributed by atoms with van der Waals surface area (Å²) in [5.41, 5.74) is 0.545. The van der Waals surface area contributed by atoms with E-state index in [0.29, 0.717) is 18.1 Å². The van der Waals surface area contributed by atoms with Crippen LogP contribution in [0.1, 0.15) is 10.4 Å². The molecule has 4 N–H and O–H groups in total. The molecule has 0 saturated heterocycles. The van der Waals surface area contributed by atoms with E-state index in [-0.39, 0.29) is 16.5 Å². The molecule has 2 aromatic rings. The lowest BCUT2D eigenvalue weighted by molar-refractivity contribution is -0.0504. The molecule has 0 aliphatic carbocycles. The lowest BCUT2D eigenvalue weighted by Gasteiger charge is -2.14. The summed E-state index contributed by atoms with van der Waals surface area (Å²) < 4.78 is 52.0. The Kier molecular flexibility index (Phi) is 6.89. The van der Waals surface area contributed by atoms with Gasteiger partial charge in [-0.2, -0.15) is 8.78 Å². The Morgan fingerprint density at radius 1 is 1.23 bits per heavy atom. The van der Waals surface area contributed by atoms with Crippen molar-refractivity contribution in [2.75, 3.05) is 7.05 Å². The Balaban J connectivity index is 1.94. The van der Waals surface area contributed by atoms with Crippen molar-refractivity contribution in [1.82, 2.24) is 10.6 Å². The summed E-state index contributed by atoms with van der Waals surface area (Å²) in [6, 6.07) is 9.52. The molecule has 0 aliphatic heterocycles. The van der Waals surface area contributed by atoms with Crippen molar-refractivity contribution in [3.05, 3.63) is 46.8 Å². The third-order valence-corrected chi connectivity index (χ3v) is 5.73. The molecule has 0 spiro atoms. The molecule has 0 aliphatic rings. The van der Waals surface area contributed by atoms with Crippen LogP contribution in [-0.4, -0.2) is 28.0 Å². The summed E-state index contributed by atoms with van der Waals surface area (Å²) in [5.74, 6) is 0.504. The van der Waals surface area contributed by atoms with E-state index in [4.69, 9.17) is 5.14 Å². The van der Waals surface area contributed by atoms with Crippen molar-refractivity contribution in [1.29, 1.82) is 0 Å². The highest BCUT2D eigenvalue weighted by Crippen LogP contribution is 2.21. The number of aliphatic imine (C=N–C) groups is 1. The molecule has 11 heteroatoms. The summed E-state index contributed by atoms with van der Waals surface area (Å²) in [4.78, 5) is 4.78. The first-order chi connectivity index (χ1) is 12.3. The highest BCUT2D eigenvalue weighted by Gasteiger charge is 2.12. The number of nitrogens with two attached hydrogens (primary N) is 1. The van der Waals surface area contributed by atoms with E-state index in [2.05, 4.69) is 20.4 Å². The van der Waals surface area contributed by atoms with E-state index in [1.807, 2.05) is 0 Å². The number of rotatable bonds is 7. The van der Waals surface area contributed by atoms with Crippen LogP contribution in [0.2, 0.25) is 0 Å². The Hall–Kier alpha value is -2.24. The Labute approximate surface area is 153 Å². The van der Waals surface area contributed by atoms with Gasteiger partial charge in [-0.3, -0.25) is 4.99 Å². The highest BCUT2D eigenvalue weighted by atomic mass is 32.2. The van der Waals surface area contributed by atoms with Crippen LogP contribution in [0.5, 0.6) is 5.75 Å². The molecule has 7 nitrogen and oxygen atoms in total. The second-order valence-electron chi connectivity index (χ2n) is 5.03. The van der Waals surface area contributed by atoms with Crippen LogP contribution < -0.4 is 20.5 Å². The summed E-state index contributed by atoms with van der Waals surface area (Å²) in [7, 11) is -2.16. The fourth-order valence-electron chi connectivity index (χ4n) is 2.04. The standard InChI is InChI=1S/C15H18F2N4O3S2/c1-19-15(21-9-11-6-7-13(25-11)26(18,22)23)20-8-10-4-2-3-5-12(10)24-14(16)17/h2-7,14H,8-9H2,1H3,(H2,18,22,23)(H2,19,20,21). The number of ether oxygens (including phenoxy) is 1. The van der Waals surface area contributed by atoms with Crippen molar-refractivity contribution in [2.45, 2.75) is 23.9 Å². The first kappa shape index (κ1) is 20.1. The molecule has 1 aromatic heterocycles. The quantitative estimate of drug-likeness (QED) is 0.483. The molecule has 1 aromatic carbocycles. The van der Waals surface area contributed by atoms with Gasteiger partial charge in [-0.25, -0.2) is 13.6 Å². The maximum atomic E-state index is 12.4.